The number of nitrogens with zero attached hydrogens (tertiary/aromatic N) is 1. The minimum atomic E-state index is 0.208. The van der Waals surface area contributed by atoms with E-state index in [2.05, 4.69) is 26.2 Å². The Morgan fingerprint density at radius 3 is 3.27 bits per heavy atom. The van der Waals surface area contributed by atoms with Crippen LogP contribution in [0.3, 0.4) is 0 Å². The van der Waals surface area contributed by atoms with Crippen LogP contribution >= 0.6 is 27.3 Å². The van der Waals surface area contributed by atoms with Gasteiger partial charge in [-0.2, -0.15) is 0 Å². The second-order valence-corrected chi connectivity index (χ2v) is 5.68. The SMILES string of the molecule is NC1C2CCOC2C1Nc1nc(Br)cs1. The second kappa shape index (κ2) is 3.69. The van der Waals surface area contributed by atoms with Gasteiger partial charge in [0.05, 0.1) is 12.1 Å². The van der Waals surface area contributed by atoms with Crippen LogP contribution in [-0.4, -0.2) is 29.8 Å². The van der Waals surface area contributed by atoms with Crippen molar-refractivity contribution in [2.75, 3.05) is 11.9 Å². The highest BCUT2D eigenvalue weighted by Crippen LogP contribution is 2.39. The molecule has 1 aromatic heterocycles. The van der Waals surface area contributed by atoms with E-state index in [1.54, 1.807) is 11.3 Å². The van der Waals surface area contributed by atoms with Crippen LogP contribution in [0.2, 0.25) is 0 Å². The molecule has 1 aliphatic heterocycles. The summed E-state index contributed by atoms with van der Waals surface area (Å²) in [5.74, 6) is 0.547. The van der Waals surface area contributed by atoms with Gasteiger partial charge in [0.1, 0.15) is 4.60 Å². The molecule has 0 radical (unpaired) electrons. The van der Waals surface area contributed by atoms with Crippen molar-refractivity contribution in [3.63, 3.8) is 0 Å². The van der Waals surface area contributed by atoms with Gasteiger partial charge in [0.15, 0.2) is 5.13 Å². The minimum absolute atomic E-state index is 0.208. The molecule has 1 saturated heterocycles. The zero-order valence-corrected chi connectivity index (χ0v) is 10.4. The maximum absolute atomic E-state index is 6.09. The van der Waals surface area contributed by atoms with E-state index in [1.165, 1.54) is 0 Å². The quantitative estimate of drug-likeness (QED) is 0.865. The number of anilines is 1. The Hall–Kier alpha value is -0.170. The molecule has 3 rings (SSSR count). The van der Waals surface area contributed by atoms with Gasteiger partial charge < -0.3 is 15.8 Å². The van der Waals surface area contributed by atoms with E-state index in [-0.39, 0.29) is 12.1 Å². The molecule has 4 nitrogen and oxygen atoms in total. The average molecular weight is 290 g/mol. The molecule has 1 aliphatic carbocycles. The van der Waals surface area contributed by atoms with Crippen LogP contribution in [0.15, 0.2) is 9.98 Å². The van der Waals surface area contributed by atoms with Gasteiger partial charge in [0.25, 0.3) is 0 Å². The first kappa shape index (κ1) is 10.0. The molecule has 2 aliphatic rings. The maximum atomic E-state index is 6.09. The zero-order chi connectivity index (χ0) is 10.4. The van der Waals surface area contributed by atoms with Crippen molar-refractivity contribution in [2.24, 2.45) is 11.7 Å². The number of aromatic nitrogens is 1. The molecule has 4 atom stereocenters. The highest BCUT2D eigenvalue weighted by molar-refractivity contribution is 9.10. The highest BCUT2D eigenvalue weighted by atomic mass is 79.9. The molecule has 0 bridgehead atoms. The summed E-state index contributed by atoms with van der Waals surface area (Å²) in [5.41, 5.74) is 6.09. The van der Waals surface area contributed by atoms with E-state index >= 15 is 0 Å². The number of thiazole rings is 1. The third-order valence-corrected chi connectivity index (χ3v) is 4.70. The first-order valence-electron chi connectivity index (χ1n) is 5.00. The van der Waals surface area contributed by atoms with Crippen molar-refractivity contribution in [3.8, 4) is 0 Å². The Balaban J connectivity index is 1.69. The zero-order valence-electron chi connectivity index (χ0n) is 8.02. The number of hydrogen-bond donors (Lipinski definition) is 2. The van der Waals surface area contributed by atoms with Crippen LogP contribution in [0.4, 0.5) is 5.13 Å². The number of rotatable bonds is 2. The number of nitrogens with one attached hydrogen (secondary N) is 1. The number of hydrogen-bond acceptors (Lipinski definition) is 5. The van der Waals surface area contributed by atoms with Gasteiger partial charge in [-0.15, -0.1) is 11.3 Å². The van der Waals surface area contributed by atoms with Gasteiger partial charge in [-0.05, 0) is 22.4 Å². The van der Waals surface area contributed by atoms with E-state index in [1.807, 2.05) is 5.38 Å². The van der Waals surface area contributed by atoms with Crippen LogP contribution in [0, 0.1) is 5.92 Å². The first-order chi connectivity index (χ1) is 7.25. The number of ether oxygens (including phenoxy) is 1. The monoisotopic (exact) mass is 289 g/mol. The number of halogens is 1. The average Bonchev–Trinajstić information content (AvgIpc) is 2.80. The Morgan fingerprint density at radius 2 is 2.53 bits per heavy atom. The van der Waals surface area contributed by atoms with Gasteiger partial charge in [0, 0.05) is 23.9 Å². The molecule has 82 valence electrons. The van der Waals surface area contributed by atoms with Crippen molar-refractivity contribution >= 4 is 32.4 Å². The molecule has 1 saturated carbocycles. The van der Waals surface area contributed by atoms with Crippen LogP contribution in [0.5, 0.6) is 0 Å². The van der Waals surface area contributed by atoms with E-state index in [0.717, 1.165) is 22.8 Å². The normalized spacial score (nSPS) is 38.5. The Kier molecular flexibility index (Phi) is 2.47. The molecule has 6 heteroatoms. The molecule has 1 aromatic rings. The van der Waals surface area contributed by atoms with E-state index in [4.69, 9.17) is 10.5 Å². The first-order valence-corrected chi connectivity index (χ1v) is 6.68. The van der Waals surface area contributed by atoms with Crippen LogP contribution in [0.1, 0.15) is 6.42 Å². The lowest BCUT2D eigenvalue weighted by atomic mass is 9.72. The molecule has 2 heterocycles. The smallest absolute Gasteiger partial charge is 0.184 e. The van der Waals surface area contributed by atoms with Crippen molar-refractivity contribution in [2.45, 2.75) is 24.6 Å². The van der Waals surface area contributed by atoms with Crippen molar-refractivity contribution < 1.29 is 4.74 Å². The lowest BCUT2D eigenvalue weighted by Crippen LogP contribution is -2.65. The van der Waals surface area contributed by atoms with Crippen molar-refractivity contribution in [1.29, 1.82) is 0 Å². The second-order valence-electron chi connectivity index (χ2n) is 4.01. The van der Waals surface area contributed by atoms with Crippen LogP contribution in [0.25, 0.3) is 0 Å². The number of fused-ring (bicyclic) bond motifs is 1. The Morgan fingerprint density at radius 1 is 1.67 bits per heavy atom. The molecule has 15 heavy (non-hydrogen) atoms. The summed E-state index contributed by atoms with van der Waals surface area (Å²) in [6.45, 7) is 0.850. The van der Waals surface area contributed by atoms with Gasteiger partial charge in [0.2, 0.25) is 0 Å². The predicted octanol–water partition coefficient (Wildman–Crippen LogP) is 1.43. The Bertz CT molecular complexity index is 372. The molecule has 0 spiro atoms. The van der Waals surface area contributed by atoms with Crippen molar-refractivity contribution in [3.05, 3.63) is 9.98 Å². The maximum Gasteiger partial charge on any atom is 0.184 e. The van der Waals surface area contributed by atoms with E-state index in [0.29, 0.717) is 12.0 Å². The molecular weight excluding hydrogens is 278 g/mol. The molecular formula is C9H12BrN3OS. The summed E-state index contributed by atoms with van der Waals surface area (Å²) < 4.78 is 6.50. The molecule has 0 aromatic carbocycles. The summed E-state index contributed by atoms with van der Waals surface area (Å²) in [4.78, 5) is 4.29. The molecule has 0 amide bonds. The lowest BCUT2D eigenvalue weighted by molar-refractivity contribution is 0.00537. The summed E-state index contributed by atoms with van der Waals surface area (Å²) in [7, 11) is 0. The standard InChI is InChI=1S/C9H12BrN3OS/c10-5-3-15-9(12-5)13-7-6(11)4-1-2-14-8(4)7/h3-4,6-8H,1-2,11H2,(H,12,13). The third kappa shape index (κ3) is 1.60. The van der Waals surface area contributed by atoms with Gasteiger partial charge >= 0.3 is 0 Å². The van der Waals surface area contributed by atoms with Crippen LogP contribution < -0.4 is 11.1 Å². The summed E-state index contributed by atoms with van der Waals surface area (Å²) in [6, 6.07) is 0.440. The highest BCUT2D eigenvalue weighted by Gasteiger charge is 2.52. The molecule has 2 fully saturated rings. The summed E-state index contributed by atoms with van der Waals surface area (Å²) in [6.07, 6.45) is 1.40. The molecule has 3 N–H and O–H groups in total. The van der Waals surface area contributed by atoms with Gasteiger partial charge in [-0.25, -0.2) is 4.98 Å². The van der Waals surface area contributed by atoms with E-state index < -0.39 is 0 Å². The fourth-order valence-electron chi connectivity index (χ4n) is 2.39. The van der Waals surface area contributed by atoms with Gasteiger partial charge in [-0.1, -0.05) is 0 Å². The lowest BCUT2D eigenvalue weighted by Gasteiger charge is -2.45. The molecule has 4 unspecified atom stereocenters. The minimum Gasteiger partial charge on any atom is -0.376 e. The fraction of sp³-hybridized carbons (Fsp3) is 0.667. The van der Waals surface area contributed by atoms with E-state index in [9.17, 15) is 0 Å². The van der Waals surface area contributed by atoms with Gasteiger partial charge in [-0.3, -0.25) is 0 Å². The largest absolute Gasteiger partial charge is 0.376 e. The Labute approximate surface area is 100 Å². The number of nitrogens with two attached hydrogens (primary N) is 1. The predicted molar refractivity (Wildman–Crippen MR) is 63.0 cm³/mol. The summed E-state index contributed by atoms with van der Waals surface area (Å²) >= 11 is 4.91. The van der Waals surface area contributed by atoms with Crippen LogP contribution in [-0.2, 0) is 4.74 Å². The third-order valence-electron chi connectivity index (χ3n) is 3.21. The summed E-state index contributed by atoms with van der Waals surface area (Å²) in [5, 5.41) is 6.22. The van der Waals surface area contributed by atoms with Crippen molar-refractivity contribution in [1.82, 2.24) is 4.98 Å². The topological polar surface area (TPSA) is 60.2 Å². The fourth-order valence-corrected chi connectivity index (χ4v) is 3.58.